The minimum absolute atomic E-state index is 0.160. The molecule has 1 N–H and O–H groups in total. The van der Waals surface area contributed by atoms with E-state index in [9.17, 15) is 4.79 Å². The van der Waals surface area contributed by atoms with Gasteiger partial charge in [-0.2, -0.15) is 11.8 Å². The van der Waals surface area contributed by atoms with Crippen molar-refractivity contribution in [1.82, 2.24) is 4.90 Å². The number of nitrogens with one attached hydrogen (secondary N) is 1. The number of carbonyl (C=O) groups excluding carboxylic acids is 1. The molecule has 1 aromatic rings. The third-order valence-corrected chi connectivity index (χ3v) is 3.49. The standard InChI is InChI=1S/C17H22N2OS/c1-4-5-16(18)19(12-13-21-3)17(20)11-10-15-8-6-14(2)7-9-15/h4-11,18H,12-13H2,1-3H3/b5-4-,11-10+,18-16?. The summed E-state index contributed by atoms with van der Waals surface area (Å²) in [6.45, 7) is 4.41. The summed E-state index contributed by atoms with van der Waals surface area (Å²) in [5.74, 6) is 0.877. The lowest BCUT2D eigenvalue weighted by Gasteiger charge is -2.19. The second kappa shape index (κ2) is 9.19. The van der Waals surface area contributed by atoms with Gasteiger partial charge in [0.25, 0.3) is 5.91 Å². The molecule has 1 rings (SSSR count). The van der Waals surface area contributed by atoms with Crippen LogP contribution in [0.25, 0.3) is 6.08 Å². The zero-order valence-electron chi connectivity index (χ0n) is 12.8. The Labute approximate surface area is 131 Å². The third kappa shape index (κ3) is 6.00. The fourth-order valence-corrected chi connectivity index (χ4v) is 2.08. The number of rotatable bonds is 6. The van der Waals surface area contributed by atoms with E-state index in [4.69, 9.17) is 5.41 Å². The van der Waals surface area contributed by atoms with E-state index in [1.807, 2.05) is 44.4 Å². The van der Waals surface area contributed by atoms with Crippen molar-refractivity contribution in [2.45, 2.75) is 13.8 Å². The van der Waals surface area contributed by atoms with Crippen molar-refractivity contribution in [1.29, 1.82) is 5.41 Å². The van der Waals surface area contributed by atoms with Crippen LogP contribution in [0.15, 0.2) is 42.5 Å². The second-order valence-corrected chi connectivity index (χ2v) is 5.60. The maximum Gasteiger partial charge on any atom is 0.252 e. The van der Waals surface area contributed by atoms with Crippen LogP contribution in [0.1, 0.15) is 18.1 Å². The zero-order valence-corrected chi connectivity index (χ0v) is 13.6. The molecule has 0 atom stereocenters. The van der Waals surface area contributed by atoms with Crippen molar-refractivity contribution >= 4 is 29.6 Å². The lowest BCUT2D eigenvalue weighted by Crippen LogP contribution is -2.36. The van der Waals surface area contributed by atoms with Gasteiger partial charge in [0.2, 0.25) is 0 Å². The minimum Gasteiger partial charge on any atom is -0.293 e. The van der Waals surface area contributed by atoms with E-state index in [1.165, 1.54) is 16.5 Å². The molecule has 0 bridgehead atoms. The fourth-order valence-electron chi connectivity index (χ4n) is 1.71. The fraction of sp³-hybridized carbons (Fsp3) is 0.294. The average Bonchev–Trinajstić information content (AvgIpc) is 2.47. The summed E-state index contributed by atoms with van der Waals surface area (Å²) in [4.78, 5) is 13.7. The summed E-state index contributed by atoms with van der Waals surface area (Å²) in [7, 11) is 0. The van der Waals surface area contributed by atoms with Crippen LogP contribution >= 0.6 is 11.8 Å². The molecule has 1 amide bonds. The van der Waals surface area contributed by atoms with Gasteiger partial charge in [-0.3, -0.25) is 15.1 Å². The molecule has 1 aromatic carbocycles. The Balaban J connectivity index is 2.79. The first kappa shape index (κ1) is 17.2. The molecule has 21 heavy (non-hydrogen) atoms. The van der Waals surface area contributed by atoms with E-state index in [0.29, 0.717) is 6.54 Å². The molecule has 0 aliphatic heterocycles. The molecule has 0 radical (unpaired) electrons. The Hall–Kier alpha value is -1.81. The molecule has 0 aliphatic rings. The molecule has 0 fully saturated rings. The molecule has 4 heteroatoms. The molecule has 112 valence electrons. The number of hydrogen-bond donors (Lipinski definition) is 1. The molecule has 0 saturated carbocycles. The molecule has 0 unspecified atom stereocenters. The number of thioether (sulfide) groups is 1. The largest absolute Gasteiger partial charge is 0.293 e. The lowest BCUT2D eigenvalue weighted by atomic mass is 10.1. The number of allylic oxidation sites excluding steroid dienone is 1. The summed E-state index contributed by atoms with van der Waals surface area (Å²) in [5.41, 5.74) is 2.17. The van der Waals surface area contributed by atoms with Gasteiger partial charge >= 0.3 is 0 Å². The molecule has 0 spiro atoms. The summed E-state index contributed by atoms with van der Waals surface area (Å²) < 4.78 is 0. The summed E-state index contributed by atoms with van der Waals surface area (Å²) in [6, 6.07) is 7.97. The van der Waals surface area contributed by atoms with Crippen molar-refractivity contribution in [3.63, 3.8) is 0 Å². The van der Waals surface area contributed by atoms with Gasteiger partial charge in [-0.15, -0.1) is 0 Å². The maximum atomic E-state index is 12.3. The van der Waals surface area contributed by atoms with Gasteiger partial charge in [-0.05, 0) is 37.8 Å². The first-order valence-corrected chi connectivity index (χ1v) is 8.24. The zero-order chi connectivity index (χ0) is 15.7. The SMILES string of the molecule is C/C=C\C(=N)N(CCSC)C(=O)/C=C/c1ccc(C)cc1. The van der Waals surface area contributed by atoms with Crippen LogP contribution < -0.4 is 0 Å². The number of carbonyl (C=O) groups is 1. The topological polar surface area (TPSA) is 44.2 Å². The van der Waals surface area contributed by atoms with E-state index in [1.54, 1.807) is 30.0 Å². The van der Waals surface area contributed by atoms with Gasteiger partial charge in [0.1, 0.15) is 5.84 Å². The summed E-state index contributed by atoms with van der Waals surface area (Å²) in [5, 5.41) is 7.94. The molecular weight excluding hydrogens is 280 g/mol. The quantitative estimate of drug-likeness (QED) is 0.494. The van der Waals surface area contributed by atoms with E-state index in [2.05, 4.69) is 0 Å². The van der Waals surface area contributed by atoms with E-state index in [0.717, 1.165) is 11.3 Å². The van der Waals surface area contributed by atoms with Gasteiger partial charge in [0.15, 0.2) is 0 Å². The Bertz CT molecular complexity index is 532. The predicted molar refractivity (Wildman–Crippen MR) is 92.8 cm³/mol. The minimum atomic E-state index is -0.160. The van der Waals surface area contributed by atoms with E-state index >= 15 is 0 Å². The van der Waals surface area contributed by atoms with E-state index in [-0.39, 0.29) is 11.7 Å². The van der Waals surface area contributed by atoms with Gasteiger partial charge in [0.05, 0.1) is 0 Å². The van der Waals surface area contributed by atoms with Gasteiger partial charge < -0.3 is 0 Å². The Kier molecular flexibility index (Phi) is 7.54. The van der Waals surface area contributed by atoms with Gasteiger partial charge in [0, 0.05) is 18.4 Å². The Morgan fingerprint density at radius 1 is 1.29 bits per heavy atom. The molecule has 0 aliphatic carbocycles. The number of hydrogen-bond acceptors (Lipinski definition) is 3. The number of amidine groups is 1. The predicted octanol–water partition coefficient (Wildman–Crippen LogP) is 3.75. The van der Waals surface area contributed by atoms with Crippen LogP contribution in [-0.4, -0.2) is 35.2 Å². The highest BCUT2D eigenvalue weighted by atomic mass is 32.2. The maximum absolute atomic E-state index is 12.3. The molecule has 3 nitrogen and oxygen atoms in total. The van der Waals surface area contributed by atoms with Crippen molar-refractivity contribution in [2.24, 2.45) is 0 Å². The number of aryl methyl sites for hydroxylation is 1. The highest BCUT2D eigenvalue weighted by Crippen LogP contribution is 2.06. The van der Waals surface area contributed by atoms with Crippen LogP contribution in [0.2, 0.25) is 0 Å². The number of amides is 1. The van der Waals surface area contributed by atoms with Crippen molar-refractivity contribution < 1.29 is 4.79 Å². The Morgan fingerprint density at radius 2 is 1.95 bits per heavy atom. The van der Waals surface area contributed by atoms with Crippen LogP contribution in [0.4, 0.5) is 0 Å². The molecule has 0 saturated heterocycles. The van der Waals surface area contributed by atoms with Gasteiger partial charge in [-0.25, -0.2) is 0 Å². The second-order valence-electron chi connectivity index (χ2n) is 4.61. The van der Waals surface area contributed by atoms with Crippen molar-refractivity contribution in [3.8, 4) is 0 Å². The third-order valence-electron chi connectivity index (χ3n) is 2.90. The average molecular weight is 302 g/mol. The van der Waals surface area contributed by atoms with Crippen molar-refractivity contribution in [3.05, 3.63) is 53.6 Å². The van der Waals surface area contributed by atoms with Gasteiger partial charge in [-0.1, -0.05) is 35.9 Å². The highest BCUT2D eigenvalue weighted by molar-refractivity contribution is 7.98. The smallest absolute Gasteiger partial charge is 0.252 e. The van der Waals surface area contributed by atoms with Crippen LogP contribution in [0, 0.1) is 12.3 Å². The van der Waals surface area contributed by atoms with Crippen molar-refractivity contribution in [2.75, 3.05) is 18.6 Å². The normalized spacial score (nSPS) is 11.2. The summed E-state index contributed by atoms with van der Waals surface area (Å²) >= 11 is 1.66. The van der Waals surface area contributed by atoms with E-state index < -0.39 is 0 Å². The Morgan fingerprint density at radius 3 is 2.52 bits per heavy atom. The first-order chi connectivity index (χ1) is 10.1. The first-order valence-electron chi connectivity index (χ1n) is 6.85. The lowest BCUT2D eigenvalue weighted by molar-refractivity contribution is -0.122. The van der Waals surface area contributed by atoms with Crippen LogP contribution in [0.5, 0.6) is 0 Å². The summed E-state index contributed by atoms with van der Waals surface area (Å²) in [6.07, 6.45) is 8.72. The molecule has 0 heterocycles. The number of nitrogens with zero attached hydrogens (tertiary/aromatic N) is 1. The molecule has 0 aromatic heterocycles. The highest BCUT2D eigenvalue weighted by Gasteiger charge is 2.13. The van der Waals surface area contributed by atoms with Crippen LogP contribution in [-0.2, 0) is 4.79 Å². The monoisotopic (exact) mass is 302 g/mol. The number of benzene rings is 1. The molecular formula is C17H22N2OS. The van der Waals surface area contributed by atoms with Crippen LogP contribution in [0.3, 0.4) is 0 Å².